The summed E-state index contributed by atoms with van der Waals surface area (Å²) in [6.07, 6.45) is 42.8. The molecule has 0 aliphatic heterocycles. The third kappa shape index (κ3) is 38.5. The first kappa shape index (κ1) is 44.3. The fourth-order valence-corrected chi connectivity index (χ4v) is 6.00. The third-order valence-corrected chi connectivity index (χ3v) is 9.00. The predicted molar refractivity (Wildman–Crippen MR) is 193 cm³/mol. The van der Waals surface area contributed by atoms with Crippen molar-refractivity contribution in [3.05, 3.63) is 24.3 Å². The van der Waals surface area contributed by atoms with Crippen LogP contribution in [0.15, 0.2) is 24.3 Å². The average molecular weight is 651 g/mol. The van der Waals surface area contributed by atoms with Gasteiger partial charge < -0.3 is 20.4 Å². The Labute approximate surface area is 283 Å². The van der Waals surface area contributed by atoms with Crippen molar-refractivity contribution >= 4 is 11.9 Å². The molecule has 6 heteroatoms. The van der Waals surface area contributed by atoms with Crippen molar-refractivity contribution in [2.75, 3.05) is 0 Å². The van der Waals surface area contributed by atoms with Crippen molar-refractivity contribution in [2.24, 2.45) is 0 Å². The highest BCUT2D eigenvalue weighted by Gasteiger charge is 2.03. The summed E-state index contributed by atoms with van der Waals surface area (Å²) < 4.78 is 0. The van der Waals surface area contributed by atoms with Crippen molar-refractivity contribution in [1.29, 1.82) is 0 Å². The average Bonchev–Trinajstić information content (AvgIpc) is 3.02. The second kappa shape index (κ2) is 36.2. The highest BCUT2D eigenvalue weighted by Crippen LogP contribution is 2.16. The SMILES string of the molecule is O=C(O)CCCCCCC/C=C\C[C@H](O)CCCCCCCCCCCCCCCC[C@@H](O)C/C=C\CCCCCCCC(=O)O. The van der Waals surface area contributed by atoms with Gasteiger partial charge in [-0.25, -0.2) is 0 Å². The molecule has 46 heavy (non-hydrogen) atoms. The minimum absolute atomic E-state index is 0.205. The summed E-state index contributed by atoms with van der Waals surface area (Å²) in [5, 5.41) is 37.6. The van der Waals surface area contributed by atoms with Gasteiger partial charge >= 0.3 is 11.9 Å². The molecule has 0 aromatic rings. The molecule has 6 nitrogen and oxygen atoms in total. The first-order chi connectivity index (χ1) is 22.4. The number of aliphatic hydroxyl groups excluding tert-OH is 2. The van der Waals surface area contributed by atoms with Crippen LogP contribution in [0.25, 0.3) is 0 Å². The van der Waals surface area contributed by atoms with Gasteiger partial charge in [0.25, 0.3) is 0 Å². The lowest BCUT2D eigenvalue weighted by atomic mass is 10.0. The maximum atomic E-state index is 10.5. The zero-order valence-electron chi connectivity index (χ0n) is 29.7. The highest BCUT2D eigenvalue weighted by molar-refractivity contribution is 5.66. The molecule has 0 aliphatic carbocycles. The molecular weight excluding hydrogens is 576 g/mol. The number of aliphatic carboxylic acids is 2. The maximum absolute atomic E-state index is 10.5. The number of allylic oxidation sites excluding steroid dienone is 2. The summed E-state index contributed by atoms with van der Waals surface area (Å²) in [6.45, 7) is 0. The van der Waals surface area contributed by atoms with Gasteiger partial charge in [0.15, 0.2) is 0 Å². The maximum Gasteiger partial charge on any atom is 0.303 e. The summed E-state index contributed by atoms with van der Waals surface area (Å²) >= 11 is 0. The summed E-state index contributed by atoms with van der Waals surface area (Å²) in [7, 11) is 0. The van der Waals surface area contributed by atoms with Crippen LogP contribution in [0.5, 0.6) is 0 Å². The normalized spacial score (nSPS) is 13.2. The second-order valence-electron chi connectivity index (χ2n) is 13.6. The number of rotatable bonds is 37. The summed E-state index contributed by atoms with van der Waals surface area (Å²) in [4.78, 5) is 21.0. The van der Waals surface area contributed by atoms with Crippen LogP contribution in [-0.4, -0.2) is 44.6 Å². The minimum Gasteiger partial charge on any atom is -0.481 e. The molecule has 0 saturated carbocycles. The van der Waals surface area contributed by atoms with Gasteiger partial charge in [0.2, 0.25) is 0 Å². The van der Waals surface area contributed by atoms with E-state index < -0.39 is 11.9 Å². The Bertz CT molecular complexity index is 659. The lowest BCUT2D eigenvalue weighted by molar-refractivity contribution is -0.138. The van der Waals surface area contributed by atoms with E-state index in [0.717, 1.165) is 116 Å². The molecule has 2 atom stereocenters. The van der Waals surface area contributed by atoms with E-state index in [1.54, 1.807) is 0 Å². The van der Waals surface area contributed by atoms with E-state index in [1.165, 1.54) is 77.0 Å². The number of hydrogen-bond donors (Lipinski definition) is 4. The van der Waals surface area contributed by atoms with E-state index in [0.29, 0.717) is 12.8 Å². The first-order valence-electron chi connectivity index (χ1n) is 19.5. The molecule has 0 saturated heterocycles. The second-order valence-corrected chi connectivity index (χ2v) is 13.6. The van der Waals surface area contributed by atoms with Gasteiger partial charge in [0.05, 0.1) is 12.2 Å². The molecule has 270 valence electrons. The summed E-state index contributed by atoms with van der Waals surface area (Å²) in [5.41, 5.74) is 0. The topological polar surface area (TPSA) is 115 Å². The van der Waals surface area contributed by atoms with Crippen LogP contribution in [0.2, 0.25) is 0 Å². The fraction of sp³-hybridized carbons (Fsp3) is 0.850. The van der Waals surface area contributed by atoms with Gasteiger partial charge in [0, 0.05) is 12.8 Å². The number of carboxylic acids is 2. The van der Waals surface area contributed by atoms with Crippen LogP contribution in [0.1, 0.15) is 205 Å². The van der Waals surface area contributed by atoms with Crippen LogP contribution in [0, 0.1) is 0 Å². The molecule has 0 spiro atoms. The number of unbranched alkanes of at least 4 members (excludes halogenated alkanes) is 23. The highest BCUT2D eigenvalue weighted by atomic mass is 16.4. The Hall–Kier alpha value is -1.66. The molecule has 0 heterocycles. The Morgan fingerprint density at radius 1 is 0.370 bits per heavy atom. The zero-order valence-corrected chi connectivity index (χ0v) is 29.7. The molecule has 0 aromatic carbocycles. The van der Waals surface area contributed by atoms with Gasteiger partial charge in [-0.2, -0.15) is 0 Å². The number of carboxylic acid groups (broad SMARTS) is 2. The lowest BCUT2D eigenvalue weighted by Gasteiger charge is -2.08. The number of hydrogen-bond acceptors (Lipinski definition) is 4. The molecule has 0 amide bonds. The molecule has 0 fully saturated rings. The largest absolute Gasteiger partial charge is 0.481 e. The molecule has 0 unspecified atom stereocenters. The summed E-state index contributed by atoms with van der Waals surface area (Å²) in [6, 6.07) is 0. The van der Waals surface area contributed by atoms with Gasteiger partial charge in [-0.05, 0) is 64.2 Å². The van der Waals surface area contributed by atoms with Crippen LogP contribution in [0.4, 0.5) is 0 Å². The Balaban J connectivity index is 3.30. The van der Waals surface area contributed by atoms with E-state index in [-0.39, 0.29) is 12.2 Å². The van der Waals surface area contributed by atoms with Crippen molar-refractivity contribution in [3.63, 3.8) is 0 Å². The Morgan fingerprint density at radius 2 is 0.630 bits per heavy atom. The fourth-order valence-electron chi connectivity index (χ4n) is 6.00. The smallest absolute Gasteiger partial charge is 0.303 e. The lowest BCUT2D eigenvalue weighted by Crippen LogP contribution is -2.04. The monoisotopic (exact) mass is 651 g/mol. The Morgan fingerprint density at radius 3 is 0.935 bits per heavy atom. The summed E-state index contributed by atoms with van der Waals surface area (Å²) in [5.74, 6) is -1.39. The predicted octanol–water partition coefficient (Wildman–Crippen LogP) is 11.5. The third-order valence-electron chi connectivity index (χ3n) is 9.00. The van der Waals surface area contributed by atoms with E-state index in [9.17, 15) is 19.8 Å². The first-order valence-corrected chi connectivity index (χ1v) is 19.5. The van der Waals surface area contributed by atoms with Gasteiger partial charge in [0.1, 0.15) is 0 Å². The van der Waals surface area contributed by atoms with E-state index in [4.69, 9.17) is 10.2 Å². The molecule has 0 bridgehead atoms. The van der Waals surface area contributed by atoms with Crippen LogP contribution in [-0.2, 0) is 9.59 Å². The Kier molecular flexibility index (Phi) is 34.9. The van der Waals surface area contributed by atoms with Crippen molar-refractivity contribution in [2.45, 2.75) is 218 Å². The molecule has 0 rings (SSSR count). The zero-order chi connectivity index (χ0) is 33.8. The number of carbonyl (C=O) groups is 2. The molecular formula is C40H74O6. The van der Waals surface area contributed by atoms with E-state index in [1.807, 2.05) is 0 Å². The quantitative estimate of drug-likeness (QED) is 0.0393. The molecule has 4 N–H and O–H groups in total. The van der Waals surface area contributed by atoms with Crippen molar-refractivity contribution in [1.82, 2.24) is 0 Å². The van der Waals surface area contributed by atoms with Gasteiger partial charge in [-0.3, -0.25) is 9.59 Å². The van der Waals surface area contributed by atoms with E-state index >= 15 is 0 Å². The van der Waals surface area contributed by atoms with Crippen LogP contribution >= 0.6 is 0 Å². The van der Waals surface area contributed by atoms with Crippen LogP contribution in [0.3, 0.4) is 0 Å². The number of aliphatic hydroxyl groups is 2. The molecule has 0 aliphatic rings. The standard InChI is InChI=1S/C40H74O6/c41-37(33-27-21-15-9-11-17-23-29-35-39(43)44)31-25-19-13-7-5-3-1-2-4-6-8-14-20-26-32-38(42)34-28-22-16-10-12-18-24-30-36-40(45)46/h21-22,27-28,37-38,41-42H,1-20,23-26,29-36H2,(H,43,44)(H,45,46)/b27-21-,28-22-/t37-,38-/m1/s1. The van der Waals surface area contributed by atoms with Gasteiger partial charge in [-0.1, -0.05) is 153 Å². The van der Waals surface area contributed by atoms with E-state index in [2.05, 4.69) is 24.3 Å². The molecule has 0 radical (unpaired) electrons. The molecule has 0 aromatic heterocycles. The van der Waals surface area contributed by atoms with Gasteiger partial charge in [-0.15, -0.1) is 0 Å². The van der Waals surface area contributed by atoms with Crippen LogP contribution < -0.4 is 0 Å². The van der Waals surface area contributed by atoms with Crippen molar-refractivity contribution in [3.8, 4) is 0 Å². The van der Waals surface area contributed by atoms with Crippen molar-refractivity contribution < 1.29 is 30.0 Å². The minimum atomic E-state index is -0.694.